The number of amides is 3. The number of fused-ring (bicyclic) bond motifs is 1. The van der Waals surface area contributed by atoms with Crippen molar-refractivity contribution in [1.82, 2.24) is 9.47 Å². The van der Waals surface area contributed by atoms with Gasteiger partial charge >= 0.3 is 5.97 Å². The molecule has 5 rings (SSSR count). The monoisotopic (exact) mass is 673 g/mol. The SMILES string of the molecule is CC=Nc1cc(OCCCC(=O)Nc2cc(C(=O)Nc3ccc4sc(C(=O)OC)cc4c3)n(C)c2)c(OC)cc1C(=O)N1CCCCC1. The fourth-order valence-electron chi connectivity index (χ4n) is 5.52. The molecular weight excluding hydrogens is 634 g/mol. The van der Waals surface area contributed by atoms with E-state index >= 15 is 0 Å². The molecule has 0 saturated carbocycles. The first-order valence-corrected chi connectivity index (χ1v) is 16.5. The Morgan fingerprint density at radius 2 is 1.75 bits per heavy atom. The number of thiophene rings is 1. The number of nitrogens with zero attached hydrogens (tertiary/aromatic N) is 3. The Kier molecular flexibility index (Phi) is 11.1. The molecule has 1 saturated heterocycles. The van der Waals surface area contributed by atoms with Gasteiger partial charge < -0.3 is 34.3 Å². The van der Waals surface area contributed by atoms with Gasteiger partial charge in [0.25, 0.3) is 11.8 Å². The van der Waals surface area contributed by atoms with Crippen molar-refractivity contribution in [2.45, 2.75) is 39.0 Å². The number of esters is 1. The summed E-state index contributed by atoms with van der Waals surface area (Å²) in [6.45, 7) is 3.47. The summed E-state index contributed by atoms with van der Waals surface area (Å²) in [5.74, 6) is -0.199. The first-order chi connectivity index (χ1) is 23.2. The summed E-state index contributed by atoms with van der Waals surface area (Å²) in [6.07, 6.45) is 6.99. The van der Waals surface area contributed by atoms with Crippen molar-refractivity contribution in [2.24, 2.45) is 12.0 Å². The number of hydrogen-bond donors (Lipinski definition) is 2. The summed E-state index contributed by atoms with van der Waals surface area (Å²) >= 11 is 1.32. The summed E-state index contributed by atoms with van der Waals surface area (Å²) < 4.78 is 18.8. The average molecular weight is 674 g/mol. The number of ether oxygens (including phenoxy) is 3. The van der Waals surface area contributed by atoms with Crippen LogP contribution in [0.1, 0.15) is 69.5 Å². The maximum atomic E-state index is 13.2. The Morgan fingerprint density at radius 3 is 2.48 bits per heavy atom. The van der Waals surface area contributed by atoms with Crippen LogP contribution in [0.4, 0.5) is 17.1 Å². The normalized spacial score (nSPS) is 13.0. The van der Waals surface area contributed by atoms with Crippen molar-refractivity contribution < 1.29 is 33.4 Å². The van der Waals surface area contributed by atoms with E-state index in [1.165, 1.54) is 25.6 Å². The standard InChI is InChI=1S/C35H39N5O7S/c1-5-36-26-20-29(28(45-3)19-25(26)34(43)40-13-7-6-8-14-40)47-15-9-10-32(41)37-24-18-27(39(2)21-24)33(42)38-23-11-12-30-22(16-23)17-31(48-30)35(44)46-4/h5,11-12,16-21H,6-10,13-15H2,1-4H3,(H,37,41)(H,38,42). The number of carbonyl (C=O) groups excluding carboxylic acids is 4. The minimum atomic E-state index is -0.406. The second-order valence-electron chi connectivity index (χ2n) is 11.3. The molecule has 2 aromatic heterocycles. The van der Waals surface area contributed by atoms with Crippen molar-refractivity contribution in [2.75, 3.05) is 44.5 Å². The van der Waals surface area contributed by atoms with Crippen molar-refractivity contribution >= 4 is 68.4 Å². The van der Waals surface area contributed by atoms with E-state index in [1.54, 1.807) is 67.3 Å². The highest BCUT2D eigenvalue weighted by Crippen LogP contribution is 2.36. The second-order valence-corrected chi connectivity index (χ2v) is 12.4. The maximum absolute atomic E-state index is 13.2. The number of likely N-dealkylation sites (tertiary alicyclic amines) is 1. The minimum absolute atomic E-state index is 0.0752. The summed E-state index contributed by atoms with van der Waals surface area (Å²) in [7, 11) is 4.58. The lowest BCUT2D eigenvalue weighted by atomic mass is 10.1. The van der Waals surface area contributed by atoms with E-state index in [-0.39, 0.29) is 30.7 Å². The lowest BCUT2D eigenvalue weighted by Crippen LogP contribution is -2.35. The molecule has 3 heterocycles. The molecule has 2 N–H and O–H groups in total. The Morgan fingerprint density at radius 1 is 0.958 bits per heavy atom. The molecule has 0 spiro atoms. The zero-order chi connectivity index (χ0) is 34.2. The molecule has 252 valence electrons. The molecule has 12 nitrogen and oxygen atoms in total. The molecule has 2 aromatic carbocycles. The van der Waals surface area contributed by atoms with Gasteiger partial charge in [0.15, 0.2) is 11.5 Å². The highest BCUT2D eigenvalue weighted by Gasteiger charge is 2.23. The van der Waals surface area contributed by atoms with Crippen LogP contribution in [0.15, 0.2) is 53.7 Å². The van der Waals surface area contributed by atoms with Gasteiger partial charge in [0.1, 0.15) is 10.6 Å². The van der Waals surface area contributed by atoms with Crippen LogP contribution in [-0.2, 0) is 16.6 Å². The number of carbonyl (C=O) groups is 4. The van der Waals surface area contributed by atoms with Crippen LogP contribution in [0.3, 0.4) is 0 Å². The highest BCUT2D eigenvalue weighted by atomic mass is 32.1. The Hall–Kier alpha value is -5.17. The Labute approximate surface area is 282 Å². The fraction of sp³-hybridized carbons (Fsp3) is 0.343. The zero-order valence-electron chi connectivity index (χ0n) is 27.5. The van der Waals surface area contributed by atoms with Crippen LogP contribution >= 0.6 is 11.3 Å². The third-order valence-electron chi connectivity index (χ3n) is 7.91. The lowest BCUT2D eigenvalue weighted by molar-refractivity contribution is -0.116. The number of hydrogen-bond acceptors (Lipinski definition) is 9. The highest BCUT2D eigenvalue weighted by molar-refractivity contribution is 7.20. The van der Waals surface area contributed by atoms with E-state index in [4.69, 9.17) is 14.2 Å². The van der Waals surface area contributed by atoms with Crippen molar-refractivity contribution in [3.63, 3.8) is 0 Å². The van der Waals surface area contributed by atoms with Gasteiger partial charge in [0.2, 0.25) is 5.91 Å². The number of benzene rings is 2. The van der Waals surface area contributed by atoms with Gasteiger partial charge in [0.05, 0.1) is 37.8 Å². The first kappa shape index (κ1) is 34.2. The molecule has 0 unspecified atom stereocenters. The second kappa shape index (κ2) is 15.6. The zero-order valence-corrected chi connectivity index (χ0v) is 28.3. The van der Waals surface area contributed by atoms with Gasteiger partial charge in [-0.1, -0.05) is 0 Å². The third-order valence-corrected chi connectivity index (χ3v) is 9.01. The number of rotatable bonds is 12. The van der Waals surface area contributed by atoms with E-state index in [2.05, 4.69) is 15.6 Å². The van der Waals surface area contributed by atoms with Crippen LogP contribution < -0.4 is 20.1 Å². The molecule has 13 heteroatoms. The van der Waals surface area contributed by atoms with Gasteiger partial charge in [-0.05, 0) is 74.4 Å². The van der Waals surface area contributed by atoms with E-state index < -0.39 is 5.97 Å². The Balaban J connectivity index is 1.15. The molecule has 1 fully saturated rings. The third kappa shape index (κ3) is 8.03. The van der Waals surface area contributed by atoms with Gasteiger partial charge in [-0.2, -0.15) is 0 Å². The van der Waals surface area contributed by atoms with E-state index in [0.29, 0.717) is 51.1 Å². The molecule has 0 radical (unpaired) electrons. The number of piperidine rings is 1. The molecular formula is C35H39N5O7S. The number of aryl methyl sites for hydroxylation is 1. The van der Waals surface area contributed by atoms with Gasteiger partial charge in [-0.25, -0.2) is 4.79 Å². The van der Waals surface area contributed by atoms with Crippen LogP contribution in [-0.4, -0.2) is 73.3 Å². The summed E-state index contributed by atoms with van der Waals surface area (Å²) in [4.78, 5) is 57.7. The molecule has 0 atom stereocenters. The molecule has 0 aliphatic carbocycles. The average Bonchev–Trinajstić information content (AvgIpc) is 3.69. The first-order valence-electron chi connectivity index (χ1n) is 15.7. The van der Waals surface area contributed by atoms with Gasteiger partial charge in [0, 0.05) is 55.4 Å². The van der Waals surface area contributed by atoms with Gasteiger partial charge in [-0.3, -0.25) is 19.4 Å². The van der Waals surface area contributed by atoms with Crippen molar-refractivity contribution in [3.8, 4) is 11.5 Å². The number of anilines is 2. The van der Waals surface area contributed by atoms with Crippen LogP contribution in [0.2, 0.25) is 0 Å². The van der Waals surface area contributed by atoms with Gasteiger partial charge in [-0.15, -0.1) is 11.3 Å². The van der Waals surface area contributed by atoms with E-state index in [9.17, 15) is 19.2 Å². The quantitative estimate of drug-likeness (QED) is 0.100. The smallest absolute Gasteiger partial charge is 0.348 e. The predicted octanol–water partition coefficient (Wildman–Crippen LogP) is 6.43. The minimum Gasteiger partial charge on any atom is -0.493 e. The number of methoxy groups -OCH3 is 2. The van der Waals surface area contributed by atoms with E-state index in [1.807, 2.05) is 11.0 Å². The largest absolute Gasteiger partial charge is 0.493 e. The molecule has 4 aromatic rings. The number of nitrogens with one attached hydrogen (secondary N) is 2. The van der Waals surface area contributed by atoms with E-state index in [0.717, 1.165) is 42.4 Å². The molecule has 48 heavy (non-hydrogen) atoms. The summed E-state index contributed by atoms with van der Waals surface area (Å²) in [5.41, 5.74) is 2.39. The number of aliphatic imine (C=N–C) groups is 1. The lowest BCUT2D eigenvalue weighted by Gasteiger charge is -2.27. The molecule has 1 aliphatic heterocycles. The topological polar surface area (TPSA) is 141 Å². The van der Waals surface area contributed by atoms with Crippen LogP contribution in [0.25, 0.3) is 10.1 Å². The predicted molar refractivity (Wildman–Crippen MR) is 186 cm³/mol. The fourth-order valence-corrected chi connectivity index (χ4v) is 6.48. The number of aromatic nitrogens is 1. The molecule has 1 aliphatic rings. The van der Waals surface area contributed by atoms with Crippen molar-refractivity contribution in [1.29, 1.82) is 0 Å². The van der Waals surface area contributed by atoms with Crippen LogP contribution in [0.5, 0.6) is 11.5 Å². The maximum Gasteiger partial charge on any atom is 0.348 e. The Bertz CT molecular complexity index is 1860. The summed E-state index contributed by atoms with van der Waals surface area (Å²) in [5, 5.41) is 6.53. The molecule has 0 bridgehead atoms. The molecule has 3 amide bonds. The van der Waals surface area contributed by atoms with Crippen LogP contribution in [0, 0.1) is 0 Å². The van der Waals surface area contributed by atoms with Crippen molar-refractivity contribution in [3.05, 3.63) is 64.8 Å². The summed E-state index contributed by atoms with van der Waals surface area (Å²) in [6, 6.07) is 12.1.